The van der Waals surface area contributed by atoms with E-state index < -0.39 is 18.0 Å². The molecular weight excluding hydrogens is 272 g/mol. The lowest BCUT2D eigenvalue weighted by atomic mass is 9.99. The summed E-state index contributed by atoms with van der Waals surface area (Å²) in [5, 5.41) is 11.3. The van der Waals surface area contributed by atoms with Gasteiger partial charge in [-0.2, -0.15) is 0 Å². The molecule has 2 rings (SSSR count). The van der Waals surface area contributed by atoms with E-state index in [2.05, 4.69) is 5.32 Å². The quantitative estimate of drug-likeness (QED) is 0.862. The lowest BCUT2D eigenvalue weighted by Gasteiger charge is -2.32. The predicted molar refractivity (Wildman–Crippen MR) is 75.8 cm³/mol. The monoisotopic (exact) mass is 290 g/mol. The summed E-state index contributed by atoms with van der Waals surface area (Å²) in [4.78, 5) is 35.8. The fourth-order valence-electron chi connectivity index (χ4n) is 2.42. The van der Waals surface area contributed by atoms with E-state index in [0.717, 1.165) is 10.5 Å². The summed E-state index contributed by atoms with van der Waals surface area (Å²) in [6, 6.07) is 8.49. The van der Waals surface area contributed by atoms with Crippen LogP contribution in [-0.4, -0.2) is 40.5 Å². The summed E-state index contributed by atoms with van der Waals surface area (Å²) in [5.41, 5.74) is 1.05. The molecule has 112 valence electrons. The van der Waals surface area contributed by atoms with Gasteiger partial charge in [-0.05, 0) is 11.5 Å². The second kappa shape index (κ2) is 6.39. The molecule has 1 aliphatic rings. The van der Waals surface area contributed by atoms with Crippen LogP contribution in [0.15, 0.2) is 30.3 Å². The van der Waals surface area contributed by atoms with Crippen molar-refractivity contribution >= 4 is 17.9 Å². The Bertz CT molecular complexity index is 526. The molecule has 2 atom stereocenters. The van der Waals surface area contributed by atoms with Gasteiger partial charge in [0.15, 0.2) is 0 Å². The number of hydrogen-bond acceptors (Lipinski definition) is 3. The van der Waals surface area contributed by atoms with Gasteiger partial charge in [0.2, 0.25) is 5.91 Å². The first-order valence-electron chi connectivity index (χ1n) is 6.85. The topological polar surface area (TPSA) is 86.7 Å². The number of aliphatic carboxylic acids is 1. The van der Waals surface area contributed by atoms with Crippen molar-refractivity contribution in [1.82, 2.24) is 10.2 Å². The van der Waals surface area contributed by atoms with Crippen LogP contribution >= 0.6 is 0 Å². The number of carboxylic acid groups (broad SMARTS) is 1. The lowest BCUT2D eigenvalue weighted by Crippen LogP contribution is -2.55. The maximum atomic E-state index is 12.0. The molecule has 21 heavy (non-hydrogen) atoms. The van der Waals surface area contributed by atoms with Gasteiger partial charge in [0.05, 0.1) is 6.42 Å². The number of nitrogens with zero attached hydrogens (tertiary/aromatic N) is 1. The zero-order valence-electron chi connectivity index (χ0n) is 11.8. The average Bonchev–Trinajstić information content (AvgIpc) is 2.43. The van der Waals surface area contributed by atoms with Crippen molar-refractivity contribution < 1.29 is 19.5 Å². The number of amides is 3. The molecule has 1 aromatic carbocycles. The molecule has 1 fully saturated rings. The number of carboxylic acids is 1. The third kappa shape index (κ3) is 3.81. The van der Waals surface area contributed by atoms with Crippen LogP contribution in [0.4, 0.5) is 4.79 Å². The van der Waals surface area contributed by atoms with Crippen LogP contribution in [0, 0.1) is 0 Å². The molecule has 0 aliphatic carbocycles. The number of imide groups is 1. The van der Waals surface area contributed by atoms with E-state index in [1.165, 1.54) is 0 Å². The maximum Gasteiger partial charge on any atom is 0.324 e. The molecule has 1 unspecified atom stereocenters. The Kier molecular flexibility index (Phi) is 4.57. The van der Waals surface area contributed by atoms with E-state index in [9.17, 15) is 14.4 Å². The fourth-order valence-corrected chi connectivity index (χ4v) is 2.42. The van der Waals surface area contributed by atoms with E-state index in [-0.39, 0.29) is 31.2 Å². The Morgan fingerprint density at radius 1 is 1.38 bits per heavy atom. The highest BCUT2D eigenvalue weighted by molar-refractivity contribution is 5.97. The molecule has 0 bridgehead atoms. The van der Waals surface area contributed by atoms with Crippen molar-refractivity contribution in [1.29, 1.82) is 0 Å². The van der Waals surface area contributed by atoms with Gasteiger partial charge < -0.3 is 10.4 Å². The minimum atomic E-state index is -1.03. The van der Waals surface area contributed by atoms with Gasteiger partial charge >= 0.3 is 12.0 Å². The Balaban J connectivity index is 2.00. The Morgan fingerprint density at radius 3 is 2.62 bits per heavy atom. The van der Waals surface area contributed by atoms with Gasteiger partial charge in [0.25, 0.3) is 0 Å². The zero-order valence-corrected chi connectivity index (χ0v) is 11.8. The van der Waals surface area contributed by atoms with E-state index in [1.807, 2.05) is 37.3 Å². The van der Waals surface area contributed by atoms with Crippen molar-refractivity contribution in [3.8, 4) is 0 Å². The first-order valence-corrected chi connectivity index (χ1v) is 6.85. The standard InChI is InChI=1S/C15H18N2O4/c1-10(11-5-3-2-4-6-11)9-17-13(18)7-12(8-14(19)20)16-15(17)21/h2-6,10,12H,7-9H2,1H3,(H,16,21)(H,19,20)/t10?,12-/m1/s1. The summed E-state index contributed by atoms with van der Waals surface area (Å²) >= 11 is 0. The molecule has 6 heteroatoms. The summed E-state index contributed by atoms with van der Waals surface area (Å²) in [5.74, 6) is -1.33. The number of urea groups is 1. The minimum absolute atomic E-state index is 0.0249. The van der Waals surface area contributed by atoms with E-state index in [0.29, 0.717) is 0 Å². The minimum Gasteiger partial charge on any atom is -0.481 e. The van der Waals surface area contributed by atoms with Crippen molar-refractivity contribution in [2.45, 2.75) is 31.7 Å². The average molecular weight is 290 g/mol. The van der Waals surface area contributed by atoms with Gasteiger partial charge in [-0.1, -0.05) is 37.3 Å². The Hall–Kier alpha value is -2.37. The highest BCUT2D eigenvalue weighted by atomic mass is 16.4. The van der Waals surface area contributed by atoms with Crippen molar-refractivity contribution in [3.63, 3.8) is 0 Å². The smallest absolute Gasteiger partial charge is 0.324 e. The van der Waals surface area contributed by atoms with E-state index >= 15 is 0 Å². The van der Waals surface area contributed by atoms with Crippen molar-refractivity contribution in [2.24, 2.45) is 0 Å². The summed E-state index contributed by atoms with van der Waals surface area (Å²) in [6.45, 7) is 2.23. The van der Waals surface area contributed by atoms with Crippen LogP contribution in [0.25, 0.3) is 0 Å². The fraction of sp³-hybridized carbons (Fsp3) is 0.400. The van der Waals surface area contributed by atoms with Crippen LogP contribution in [0.1, 0.15) is 31.2 Å². The molecule has 2 N–H and O–H groups in total. The molecule has 0 spiro atoms. The highest BCUT2D eigenvalue weighted by Gasteiger charge is 2.33. The molecule has 0 saturated carbocycles. The summed E-state index contributed by atoms with van der Waals surface area (Å²) < 4.78 is 0. The summed E-state index contributed by atoms with van der Waals surface area (Å²) in [7, 11) is 0. The van der Waals surface area contributed by atoms with Crippen LogP contribution in [0.5, 0.6) is 0 Å². The van der Waals surface area contributed by atoms with Crippen LogP contribution in [-0.2, 0) is 9.59 Å². The van der Waals surface area contributed by atoms with Crippen molar-refractivity contribution in [2.75, 3.05) is 6.54 Å². The first-order chi connectivity index (χ1) is 9.97. The Labute approximate surface area is 122 Å². The normalized spacial score (nSPS) is 20.0. The number of nitrogens with one attached hydrogen (secondary N) is 1. The number of benzene rings is 1. The highest BCUT2D eigenvalue weighted by Crippen LogP contribution is 2.19. The molecule has 1 aromatic rings. The van der Waals surface area contributed by atoms with Crippen molar-refractivity contribution in [3.05, 3.63) is 35.9 Å². The SMILES string of the molecule is CC(CN1C(=O)C[C@H](CC(=O)O)NC1=O)c1ccccc1. The van der Waals surface area contributed by atoms with Gasteiger partial charge in [-0.25, -0.2) is 4.79 Å². The molecule has 3 amide bonds. The number of rotatable bonds is 5. The second-order valence-corrected chi connectivity index (χ2v) is 5.26. The molecule has 0 aromatic heterocycles. The molecule has 6 nitrogen and oxygen atoms in total. The van der Waals surface area contributed by atoms with Gasteiger partial charge in [0.1, 0.15) is 0 Å². The van der Waals surface area contributed by atoms with Gasteiger partial charge in [0, 0.05) is 19.0 Å². The van der Waals surface area contributed by atoms with E-state index in [4.69, 9.17) is 5.11 Å². The molecule has 0 radical (unpaired) electrons. The van der Waals surface area contributed by atoms with Gasteiger partial charge in [-0.3, -0.25) is 14.5 Å². The molecular formula is C15H18N2O4. The zero-order chi connectivity index (χ0) is 15.4. The third-order valence-corrected chi connectivity index (χ3v) is 3.54. The molecule has 1 heterocycles. The third-order valence-electron chi connectivity index (χ3n) is 3.54. The summed E-state index contributed by atoms with van der Waals surface area (Å²) in [6.07, 6.45) is -0.209. The maximum absolute atomic E-state index is 12.0. The predicted octanol–water partition coefficient (Wildman–Crippen LogP) is 1.58. The number of carbonyl (C=O) groups is 3. The molecule has 1 aliphatic heterocycles. The van der Waals surface area contributed by atoms with Gasteiger partial charge in [-0.15, -0.1) is 0 Å². The Morgan fingerprint density at radius 2 is 2.05 bits per heavy atom. The van der Waals surface area contributed by atoms with E-state index in [1.54, 1.807) is 0 Å². The first kappa shape index (κ1) is 15.0. The second-order valence-electron chi connectivity index (χ2n) is 5.26. The van der Waals surface area contributed by atoms with Crippen LogP contribution in [0.2, 0.25) is 0 Å². The molecule has 1 saturated heterocycles. The lowest BCUT2D eigenvalue weighted by molar-refractivity contribution is -0.138. The van der Waals surface area contributed by atoms with Crippen LogP contribution < -0.4 is 5.32 Å². The largest absolute Gasteiger partial charge is 0.481 e. The van der Waals surface area contributed by atoms with Crippen LogP contribution in [0.3, 0.4) is 0 Å². The number of hydrogen-bond donors (Lipinski definition) is 2. The number of carbonyl (C=O) groups excluding carboxylic acids is 2.